The number of hydrogen-bond acceptors (Lipinski definition) is 6. The highest BCUT2D eigenvalue weighted by Gasteiger charge is 2.05. The van der Waals surface area contributed by atoms with E-state index in [1.807, 2.05) is 43.3 Å². The molecule has 0 fully saturated rings. The number of nitriles is 1. The van der Waals surface area contributed by atoms with Crippen LogP contribution in [0.4, 0.5) is 11.6 Å². The molecule has 26 heavy (non-hydrogen) atoms. The first-order chi connectivity index (χ1) is 12.6. The van der Waals surface area contributed by atoms with E-state index in [0.29, 0.717) is 29.5 Å². The van der Waals surface area contributed by atoms with Gasteiger partial charge in [-0.1, -0.05) is 11.6 Å². The van der Waals surface area contributed by atoms with Gasteiger partial charge in [0.25, 0.3) is 0 Å². The quantitative estimate of drug-likeness (QED) is 0.645. The smallest absolute Gasteiger partial charge is 0.161 e. The number of rotatable bonds is 6. The van der Waals surface area contributed by atoms with Crippen molar-refractivity contribution in [1.82, 2.24) is 15.0 Å². The molecule has 2 heterocycles. The van der Waals surface area contributed by atoms with Gasteiger partial charge in [0.05, 0.1) is 5.56 Å². The summed E-state index contributed by atoms with van der Waals surface area (Å²) in [5.74, 6) is 2.15. The Morgan fingerprint density at radius 3 is 2.38 bits per heavy atom. The van der Waals surface area contributed by atoms with Gasteiger partial charge in [0, 0.05) is 41.6 Å². The average molecular weight is 365 g/mol. The van der Waals surface area contributed by atoms with Crippen LogP contribution in [-0.2, 0) is 0 Å². The van der Waals surface area contributed by atoms with Crippen molar-refractivity contribution in [1.29, 1.82) is 5.26 Å². The van der Waals surface area contributed by atoms with Gasteiger partial charge >= 0.3 is 0 Å². The number of benzene rings is 1. The molecule has 3 aromatic rings. The lowest BCUT2D eigenvalue weighted by molar-refractivity contribution is 1.03. The van der Waals surface area contributed by atoms with Crippen molar-refractivity contribution in [3.8, 4) is 17.5 Å². The molecule has 1 aromatic carbocycles. The number of anilines is 2. The molecule has 2 aromatic heterocycles. The predicted molar refractivity (Wildman–Crippen MR) is 103 cm³/mol. The Morgan fingerprint density at radius 1 is 1.00 bits per heavy atom. The third-order valence-electron chi connectivity index (χ3n) is 3.59. The first-order valence-corrected chi connectivity index (χ1v) is 8.47. The minimum Gasteiger partial charge on any atom is -0.368 e. The molecule has 130 valence electrons. The number of hydrogen-bond donors (Lipinski definition) is 2. The SMILES string of the molecule is Cc1cc(NCCNc2ccc(C#N)cn2)nc(-c2ccc(Cl)cc2)n1. The number of nitrogens with zero attached hydrogens (tertiary/aromatic N) is 4. The fourth-order valence-electron chi connectivity index (χ4n) is 2.33. The maximum atomic E-state index is 8.77. The number of halogens is 1. The minimum atomic E-state index is 0.542. The summed E-state index contributed by atoms with van der Waals surface area (Å²) in [5, 5.41) is 15.9. The molecule has 2 N–H and O–H groups in total. The van der Waals surface area contributed by atoms with E-state index in [4.69, 9.17) is 16.9 Å². The van der Waals surface area contributed by atoms with E-state index in [2.05, 4.69) is 25.6 Å². The first-order valence-electron chi connectivity index (χ1n) is 8.09. The third kappa shape index (κ3) is 4.68. The fraction of sp³-hybridized carbons (Fsp3) is 0.158. The van der Waals surface area contributed by atoms with Crippen molar-refractivity contribution >= 4 is 23.2 Å². The molecular formula is C19H17ClN6. The molecule has 0 atom stereocenters. The second kappa shape index (κ2) is 8.28. The average Bonchev–Trinajstić information content (AvgIpc) is 2.66. The molecule has 0 saturated carbocycles. The summed E-state index contributed by atoms with van der Waals surface area (Å²) >= 11 is 5.93. The molecule has 0 amide bonds. The Morgan fingerprint density at radius 2 is 1.73 bits per heavy atom. The zero-order valence-electron chi connectivity index (χ0n) is 14.2. The minimum absolute atomic E-state index is 0.542. The highest BCUT2D eigenvalue weighted by molar-refractivity contribution is 6.30. The van der Waals surface area contributed by atoms with Gasteiger partial charge in [0.1, 0.15) is 17.7 Å². The maximum Gasteiger partial charge on any atom is 0.161 e. The molecule has 0 bridgehead atoms. The molecule has 0 unspecified atom stereocenters. The number of nitrogens with one attached hydrogen (secondary N) is 2. The summed E-state index contributed by atoms with van der Waals surface area (Å²) in [6, 6.07) is 14.9. The fourth-order valence-corrected chi connectivity index (χ4v) is 2.46. The summed E-state index contributed by atoms with van der Waals surface area (Å²) in [6.07, 6.45) is 1.54. The molecule has 0 aliphatic heterocycles. The Balaban J connectivity index is 1.59. The molecule has 7 heteroatoms. The van der Waals surface area contributed by atoms with Crippen LogP contribution in [0.15, 0.2) is 48.7 Å². The molecule has 6 nitrogen and oxygen atoms in total. The van der Waals surface area contributed by atoms with Gasteiger partial charge < -0.3 is 10.6 Å². The van der Waals surface area contributed by atoms with E-state index in [-0.39, 0.29) is 0 Å². The second-order valence-electron chi connectivity index (χ2n) is 5.62. The van der Waals surface area contributed by atoms with Crippen molar-refractivity contribution in [3.05, 3.63) is 64.9 Å². The Bertz CT molecular complexity index is 916. The summed E-state index contributed by atoms with van der Waals surface area (Å²) in [5.41, 5.74) is 2.34. The third-order valence-corrected chi connectivity index (χ3v) is 3.84. The van der Waals surface area contributed by atoms with Crippen molar-refractivity contribution in [2.45, 2.75) is 6.92 Å². The lowest BCUT2D eigenvalue weighted by atomic mass is 10.2. The van der Waals surface area contributed by atoms with Crippen LogP contribution in [-0.4, -0.2) is 28.0 Å². The van der Waals surface area contributed by atoms with Gasteiger partial charge in [0.15, 0.2) is 5.82 Å². The molecule has 0 saturated heterocycles. The lowest BCUT2D eigenvalue weighted by Gasteiger charge is -2.10. The van der Waals surface area contributed by atoms with Crippen LogP contribution in [0, 0.1) is 18.3 Å². The highest BCUT2D eigenvalue weighted by atomic mass is 35.5. The Kier molecular flexibility index (Phi) is 5.62. The van der Waals surface area contributed by atoms with Crippen LogP contribution in [0.1, 0.15) is 11.3 Å². The molecular weight excluding hydrogens is 348 g/mol. The topological polar surface area (TPSA) is 86.5 Å². The van der Waals surface area contributed by atoms with Gasteiger partial charge in [-0.15, -0.1) is 0 Å². The van der Waals surface area contributed by atoms with Gasteiger partial charge in [-0.3, -0.25) is 0 Å². The summed E-state index contributed by atoms with van der Waals surface area (Å²) in [7, 11) is 0. The van der Waals surface area contributed by atoms with Gasteiger partial charge in [-0.2, -0.15) is 5.26 Å². The zero-order valence-corrected chi connectivity index (χ0v) is 15.0. The van der Waals surface area contributed by atoms with Crippen LogP contribution in [0.25, 0.3) is 11.4 Å². The first kappa shape index (κ1) is 17.6. The van der Waals surface area contributed by atoms with Crippen LogP contribution in [0.3, 0.4) is 0 Å². The monoisotopic (exact) mass is 364 g/mol. The molecule has 0 aliphatic rings. The van der Waals surface area contributed by atoms with Crippen LogP contribution in [0.2, 0.25) is 5.02 Å². The Labute approximate surface area is 156 Å². The number of pyridine rings is 1. The molecule has 3 rings (SSSR count). The van der Waals surface area contributed by atoms with Crippen molar-refractivity contribution in [2.24, 2.45) is 0 Å². The maximum absolute atomic E-state index is 8.77. The van der Waals surface area contributed by atoms with Crippen molar-refractivity contribution in [3.63, 3.8) is 0 Å². The summed E-state index contributed by atoms with van der Waals surface area (Å²) in [4.78, 5) is 13.2. The zero-order chi connectivity index (χ0) is 18.4. The second-order valence-corrected chi connectivity index (χ2v) is 6.06. The van der Waals surface area contributed by atoms with E-state index >= 15 is 0 Å². The van der Waals surface area contributed by atoms with Crippen molar-refractivity contribution in [2.75, 3.05) is 23.7 Å². The van der Waals surface area contributed by atoms with E-state index in [9.17, 15) is 0 Å². The molecule has 0 aliphatic carbocycles. The van der Waals surface area contributed by atoms with E-state index in [1.54, 1.807) is 18.3 Å². The van der Waals surface area contributed by atoms with E-state index in [1.165, 1.54) is 0 Å². The van der Waals surface area contributed by atoms with Gasteiger partial charge in [0.2, 0.25) is 0 Å². The number of aromatic nitrogens is 3. The molecule has 0 radical (unpaired) electrons. The highest BCUT2D eigenvalue weighted by Crippen LogP contribution is 2.20. The lowest BCUT2D eigenvalue weighted by Crippen LogP contribution is -2.15. The largest absolute Gasteiger partial charge is 0.368 e. The van der Waals surface area contributed by atoms with Crippen molar-refractivity contribution < 1.29 is 0 Å². The Hall–Kier alpha value is -3.17. The summed E-state index contributed by atoms with van der Waals surface area (Å²) in [6.45, 7) is 3.27. The predicted octanol–water partition coefficient (Wildman–Crippen LogP) is 3.90. The van der Waals surface area contributed by atoms with Gasteiger partial charge in [-0.05, 0) is 43.3 Å². The number of aryl methyl sites for hydroxylation is 1. The van der Waals surface area contributed by atoms with E-state index in [0.717, 1.165) is 22.9 Å². The summed E-state index contributed by atoms with van der Waals surface area (Å²) < 4.78 is 0. The van der Waals surface area contributed by atoms with E-state index < -0.39 is 0 Å². The van der Waals surface area contributed by atoms with Crippen LogP contribution < -0.4 is 10.6 Å². The normalized spacial score (nSPS) is 10.2. The standard InChI is InChI=1S/C19H17ClN6/c1-13-10-18(26-19(25-13)15-3-5-16(20)6-4-15)23-9-8-22-17-7-2-14(11-21)12-24-17/h2-7,10,12H,8-9H2,1H3,(H,22,24)(H,23,25,26). The molecule has 0 spiro atoms. The van der Waals surface area contributed by atoms with Crippen LogP contribution in [0.5, 0.6) is 0 Å². The van der Waals surface area contributed by atoms with Crippen LogP contribution >= 0.6 is 11.6 Å². The van der Waals surface area contributed by atoms with Gasteiger partial charge in [-0.25, -0.2) is 15.0 Å².